The Morgan fingerprint density at radius 2 is 1.54 bits per heavy atom. The van der Waals surface area contributed by atoms with Crippen LogP contribution in [0.4, 0.5) is 0 Å². The molecule has 3 aromatic carbocycles. The van der Waals surface area contributed by atoms with Gasteiger partial charge in [0, 0.05) is 27.9 Å². The predicted octanol–water partition coefficient (Wildman–Crippen LogP) is 8.37. The number of aromatic nitrogens is 1. The van der Waals surface area contributed by atoms with Gasteiger partial charge in [-0.3, -0.25) is 4.98 Å². The first-order chi connectivity index (χ1) is 16.8. The molecule has 0 amide bonds. The fraction of sp³-hybridized carbons (Fsp3) is 0.303. The van der Waals surface area contributed by atoms with Gasteiger partial charge in [0.05, 0.1) is 5.69 Å². The van der Waals surface area contributed by atoms with Gasteiger partial charge >= 0.3 is 0 Å². The number of nitrogens with zero attached hydrogens (tertiary/aromatic N) is 1. The topological polar surface area (TPSA) is 26.0 Å². The minimum atomic E-state index is 0.220. The molecule has 174 valence electrons. The monoisotopic (exact) mass is 457 g/mol. The van der Waals surface area contributed by atoms with Crippen LogP contribution in [-0.2, 0) is 23.7 Å². The maximum Gasteiger partial charge on any atom is 0.144 e. The molecule has 2 aliphatic rings. The number of pyridine rings is 1. The highest BCUT2D eigenvalue weighted by atomic mass is 16.3. The van der Waals surface area contributed by atoms with E-state index in [2.05, 4.69) is 88.4 Å². The average Bonchev–Trinajstić information content (AvgIpc) is 3.40. The van der Waals surface area contributed by atoms with Crippen molar-refractivity contribution in [1.82, 2.24) is 4.98 Å². The van der Waals surface area contributed by atoms with Gasteiger partial charge in [-0.2, -0.15) is 0 Å². The first-order valence-corrected chi connectivity index (χ1v) is 12.9. The molecule has 5 aromatic rings. The predicted molar refractivity (Wildman–Crippen MR) is 144 cm³/mol. The second-order valence-electron chi connectivity index (χ2n) is 11.6. The van der Waals surface area contributed by atoms with Crippen LogP contribution in [0.3, 0.4) is 0 Å². The van der Waals surface area contributed by atoms with Gasteiger partial charge in [-0.1, -0.05) is 50.2 Å². The van der Waals surface area contributed by atoms with Crippen LogP contribution in [0.2, 0.25) is 0 Å². The van der Waals surface area contributed by atoms with E-state index in [0.29, 0.717) is 0 Å². The molecule has 2 heterocycles. The van der Waals surface area contributed by atoms with Crippen molar-refractivity contribution in [2.24, 2.45) is 0 Å². The lowest BCUT2D eigenvalue weighted by Gasteiger charge is -2.43. The summed E-state index contributed by atoms with van der Waals surface area (Å²) in [5.41, 5.74) is 13.0. The Bertz CT molecular complexity index is 1650. The summed E-state index contributed by atoms with van der Waals surface area (Å²) >= 11 is 0. The lowest BCUT2D eigenvalue weighted by Crippen LogP contribution is -2.38. The van der Waals surface area contributed by atoms with E-state index in [0.717, 1.165) is 35.3 Å². The first kappa shape index (κ1) is 20.9. The first-order valence-electron chi connectivity index (χ1n) is 12.9. The Morgan fingerprint density at radius 1 is 0.771 bits per heavy atom. The smallest absolute Gasteiger partial charge is 0.144 e. The summed E-state index contributed by atoms with van der Waals surface area (Å²) in [5, 5.41) is 2.41. The molecular formula is C33H31NO. The van der Waals surface area contributed by atoms with Gasteiger partial charge in [0.15, 0.2) is 0 Å². The minimum Gasteiger partial charge on any atom is -0.455 e. The highest BCUT2D eigenvalue weighted by molar-refractivity contribution is 6.09. The number of aryl methyl sites for hydroxylation is 2. The molecule has 1 atom stereocenters. The van der Waals surface area contributed by atoms with Crippen molar-refractivity contribution in [3.05, 3.63) is 100 Å². The second kappa shape index (κ2) is 7.07. The summed E-state index contributed by atoms with van der Waals surface area (Å²) in [6.07, 6.45) is 6.67. The van der Waals surface area contributed by atoms with Crippen molar-refractivity contribution >= 4 is 21.9 Å². The normalized spacial score (nSPS) is 20.5. The summed E-state index contributed by atoms with van der Waals surface area (Å²) in [5.74, 6) is 0. The van der Waals surface area contributed by atoms with Gasteiger partial charge in [-0.25, -0.2) is 0 Å². The molecule has 0 aliphatic heterocycles. The van der Waals surface area contributed by atoms with Crippen molar-refractivity contribution in [1.29, 1.82) is 0 Å². The summed E-state index contributed by atoms with van der Waals surface area (Å²) in [6, 6.07) is 22.6. The van der Waals surface area contributed by atoms with Gasteiger partial charge in [-0.05, 0) is 103 Å². The molecule has 0 fully saturated rings. The van der Waals surface area contributed by atoms with E-state index in [-0.39, 0.29) is 10.8 Å². The molecule has 1 unspecified atom stereocenters. The lowest BCUT2D eigenvalue weighted by molar-refractivity contribution is 0.301. The molecule has 2 aromatic heterocycles. The standard InChI is InChI=1S/C33H31NO/c1-20-14-29(34-19-21(20)2)25-9-7-8-24-26-15-22-17-33(18-23(22)16-30(26)35-31(24)25)13-12-32(3,4)27-10-5-6-11-28(27)33/h5-11,14-16,19H,12-13,17-18H2,1-4H3. The van der Waals surface area contributed by atoms with Gasteiger partial charge in [0.25, 0.3) is 0 Å². The molecule has 2 aliphatic carbocycles. The van der Waals surface area contributed by atoms with Crippen LogP contribution >= 0.6 is 0 Å². The molecule has 0 N–H and O–H groups in total. The zero-order chi connectivity index (χ0) is 23.9. The van der Waals surface area contributed by atoms with E-state index < -0.39 is 0 Å². The third-order valence-corrected chi connectivity index (χ3v) is 8.98. The molecule has 2 nitrogen and oxygen atoms in total. The minimum absolute atomic E-state index is 0.220. The summed E-state index contributed by atoms with van der Waals surface area (Å²) in [4.78, 5) is 4.72. The molecule has 7 rings (SSSR count). The maximum absolute atomic E-state index is 6.57. The van der Waals surface area contributed by atoms with E-state index >= 15 is 0 Å². The molecule has 0 bridgehead atoms. The average molecular weight is 458 g/mol. The highest BCUT2D eigenvalue weighted by Gasteiger charge is 2.46. The van der Waals surface area contributed by atoms with Crippen molar-refractivity contribution in [2.45, 2.75) is 64.2 Å². The van der Waals surface area contributed by atoms with E-state index in [4.69, 9.17) is 9.40 Å². The Hall–Kier alpha value is -3.39. The van der Waals surface area contributed by atoms with Crippen molar-refractivity contribution in [3.63, 3.8) is 0 Å². The summed E-state index contributed by atoms with van der Waals surface area (Å²) in [7, 11) is 0. The van der Waals surface area contributed by atoms with Crippen LogP contribution < -0.4 is 0 Å². The lowest BCUT2D eigenvalue weighted by atomic mass is 9.60. The maximum atomic E-state index is 6.57. The van der Waals surface area contributed by atoms with Crippen LogP contribution in [0.5, 0.6) is 0 Å². The summed E-state index contributed by atoms with van der Waals surface area (Å²) < 4.78 is 6.57. The molecule has 2 heteroatoms. The Balaban J connectivity index is 1.36. The number of fused-ring (bicyclic) bond motifs is 6. The Morgan fingerprint density at radius 3 is 2.34 bits per heavy atom. The van der Waals surface area contributed by atoms with Gasteiger partial charge in [-0.15, -0.1) is 0 Å². The van der Waals surface area contributed by atoms with Crippen LogP contribution in [0.25, 0.3) is 33.2 Å². The fourth-order valence-corrected chi connectivity index (χ4v) is 6.75. The number of hydrogen-bond acceptors (Lipinski definition) is 2. The van der Waals surface area contributed by atoms with Crippen LogP contribution in [0, 0.1) is 13.8 Å². The van der Waals surface area contributed by atoms with Crippen LogP contribution in [0.15, 0.2) is 71.3 Å². The van der Waals surface area contributed by atoms with Gasteiger partial charge in [0.1, 0.15) is 11.2 Å². The van der Waals surface area contributed by atoms with E-state index in [1.807, 2.05) is 6.20 Å². The second-order valence-corrected chi connectivity index (χ2v) is 11.6. The largest absolute Gasteiger partial charge is 0.455 e. The highest BCUT2D eigenvalue weighted by Crippen LogP contribution is 2.53. The number of benzene rings is 3. The molecule has 0 radical (unpaired) electrons. The Labute approximate surface area is 207 Å². The molecule has 35 heavy (non-hydrogen) atoms. The van der Waals surface area contributed by atoms with Crippen LogP contribution in [-0.4, -0.2) is 4.98 Å². The molecule has 1 spiro atoms. The van der Waals surface area contributed by atoms with Crippen molar-refractivity contribution in [2.75, 3.05) is 0 Å². The van der Waals surface area contributed by atoms with Gasteiger partial charge < -0.3 is 4.42 Å². The molecular weight excluding hydrogens is 426 g/mol. The van der Waals surface area contributed by atoms with Crippen LogP contribution in [0.1, 0.15) is 60.1 Å². The summed E-state index contributed by atoms with van der Waals surface area (Å²) in [6.45, 7) is 9.06. The Kier molecular flexibility index (Phi) is 4.23. The fourth-order valence-electron chi connectivity index (χ4n) is 6.75. The van der Waals surface area contributed by atoms with Crippen molar-refractivity contribution in [3.8, 4) is 11.3 Å². The number of rotatable bonds is 1. The zero-order valence-electron chi connectivity index (χ0n) is 21.0. The third-order valence-electron chi connectivity index (χ3n) is 8.98. The molecule has 0 saturated carbocycles. The number of para-hydroxylation sites is 1. The van der Waals surface area contributed by atoms with E-state index in [9.17, 15) is 0 Å². The zero-order valence-corrected chi connectivity index (χ0v) is 21.0. The number of hydrogen-bond donors (Lipinski definition) is 0. The molecule has 0 saturated heterocycles. The van der Waals surface area contributed by atoms with Crippen molar-refractivity contribution < 1.29 is 4.42 Å². The quantitative estimate of drug-likeness (QED) is 0.253. The van der Waals surface area contributed by atoms with E-state index in [1.54, 1.807) is 11.1 Å². The SMILES string of the molecule is Cc1cnc(-c2cccc3c2oc2cc4c(cc23)CC2(CCC(C)(C)c3ccccc32)C4)cc1C. The van der Waals surface area contributed by atoms with Gasteiger partial charge in [0.2, 0.25) is 0 Å². The third kappa shape index (κ3) is 2.99. The van der Waals surface area contributed by atoms with E-state index in [1.165, 1.54) is 45.9 Å². The number of furan rings is 1.